The molecule has 0 radical (unpaired) electrons. The lowest BCUT2D eigenvalue weighted by atomic mass is 9.92. The van der Waals surface area contributed by atoms with Crippen molar-refractivity contribution in [1.29, 1.82) is 0 Å². The molecule has 188 valence electrons. The predicted molar refractivity (Wildman–Crippen MR) is 142 cm³/mol. The molecule has 0 saturated carbocycles. The number of nitro groups is 1. The number of fused-ring (bicyclic) bond motifs is 3. The molecule has 1 spiro atoms. The molecule has 0 aliphatic carbocycles. The number of para-hydroxylation sites is 4. The van der Waals surface area contributed by atoms with Crippen LogP contribution in [-0.2, 0) is 17.0 Å². The van der Waals surface area contributed by atoms with Gasteiger partial charge in [-0.05, 0) is 35.9 Å². The molecular weight excluding hydrogens is 484 g/mol. The number of benzene rings is 4. The van der Waals surface area contributed by atoms with Crippen molar-refractivity contribution in [2.45, 2.75) is 12.2 Å². The maximum atomic E-state index is 14.6. The van der Waals surface area contributed by atoms with E-state index in [-0.39, 0.29) is 24.0 Å². The van der Waals surface area contributed by atoms with E-state index in [1.54, 1.807) is 65.6 Å². The number of anilines is 3. The first-order valence-electron chi connectivity index (χ1n) is 12.0. The third-order valence-electron chi connectivity index (χ3n) is 6.94. The van der Waals surface area contributed by atoms with Crippen LogP contribution in [0.1, 0.15) is 21.5 Å². The lowest BCUT2D eigenvalue weighted by Crippen LogP contribution is -2.63. The molecule has 2 aliphatic rings. The summed E-state index contributed by atoms with van der Waals surface area (Å²) in [4.78, 5) is 42.7. The quantitative estimate of drug-likeness (QED) is 0.299. The van der Waals surface area contributed by atoms with E-state index in [0.29, 0.717) is 39.5 Å². The number of hydrogen-bond acceptors (Lipinski definition) is 6. The number of amides is 2. The van der Waals surface area contributed by atoms with E-state index in [9.17, 15) is 19.7 Å². The summed E-state index contributed by atoms with van der Waals surface area (Å²) in [5.41, 5.74) is 1.49. The SMILES string of the molecule is COc1ccccc1N1C(=O)c2ccccc2NC12C(=O)N(Cc1cccc([N+](=O)[O-])c1)c1ccccc12. The second kappa shape index (κ2) is 8.74. The number of nitrogens with zero attached hydrogens (tertiary/aromatic N) is 3. The number of methoxy groups -OCH3 is 1. The Kier molecular flexibility index (Phi) is 5.34. The topological polar surface area (TPSA) is 105 Å². The number of carbonyl (C=O) groups is 2. The Morgan fingerprint density at radius 3 is 2.39 bits per heavy atom. The fourth-order valence-electron chi connectivity index (χ4n) is 5.29. The van der Waals surface area contributed by atoms with Gasteiger partial charge in [0, 0.05) is 23.4 Å². The molecular formula is C29H22N4O5. The Hall–Kier alpha value is -5.18. The van der Waals surface area contributed by atoms with Gasteiger partial charge in [0.25, 0.3) is 17.5 Å². The Balaban J connectivity index is 1.57. The highest BCUT2D eigenvalue weighted by molar-refractivity contribution is 6.22. The highest BCUT2D eigenvalue weighted by Crippen LogP contribution is 2.51. The number of hydrogen-bond donors (Lipinski definition) is 1. The minimum atomic E-state index is -1.61. The molecule has 4 aromatic rings. The van der Waals surface area contributed by atoms with E-state index in [0.717, 1.165) is 0 Å². The van der Waals surface area contributed by atoms with Crippen LogP contribution >= 0.6 is 0 Å². The van der Waals surface area contributed by atoms with E-state index in [4.69, 9.17) is 4.74 Å². The van der Waals surface area contributed by atoms with Crippen LogP contribution in [-0.4, -0.2) is 23.8 Å². The summed E-state index contributed by atoms with van der Waals surface area (Å²) in [5, 5.41) is 14.8. The van der Waals surface area contributed by atoms with E-state index < -0.39 is 10.6 Å². The van der Waals surface area contributed by atoms with Crippen LogP contribution in [0.4, 0.5) is 22.7 Å². The lowest BCUT2D eigenvalue weighted by Gasteiger charge is -2.45. The van der Waals surface area contributed by atoms with Gasteiger partial charge in [-0.15, -0.1) is 0 Å². The molecule has 1 atom stereocenters. The van der Waals surface area contributed by atoms with Gasteiger partial charge in [0.05, 0.1) is 35.5 Å². The fourth-order valence-corrected chi connectivity index (χ4v) is 5.29. The maximum absolute atomic E-state index is 14.6. The van der Waals surface area contributed by atoms with Crippen molar-refractivity contribution in [1.82, 2.24) is 0 Å². The summed E-state index contributed by atoms with van der Waals surface area (Å²) in [6.07, 6.45) is 0. The van der Waals surface area contributed by atoms with Crippen molar-refractivity contribution >= 4 is 34.6 Å². The van der Waals surface area contributed by atoms with E-state index >= 15 is 0 Å². The highest BCUT2D eigenvalue weighted by atomic mass is 16.6. The van der Waals surface area contributed by atoms with Crippen LogP contribution < -0.4 is 19.9 Å². The van der Waals surface area contributed by atoms with Crippen molar-refractivity contribution in [3.8, 4) is 5.75 Å². The molecule has 38 heavy (non-hydrogen) atoms. The molecule has 0 saturated heterocycles. The average Bonchev–Trinajstić information content (AvgIpc) is 3.16. The van der Waals surface area contributed by atoms with Crippen molar-refractivity contribution in [3.63, 3.8) is 0 Å². The molecule has 9 heteroatoms. The van der Waals surface area contributed by atoms with Gasteiger partial charge in [-0.2, -0.15) is 0 Å². The van der Waals surface area contributed by atoms with Gasteiger partial charge in [-0.25, -0.2) is 0 Å². The van der Waals surface area contributed by atoms with Gasteiger partial charge in [0.2, 0.25) is 5.66 Å². The van der Waals surface area contributed by atoms with E-state index in [1.165, 1.54) is 24.1 Å². The lowest BCUT2D eigenvalue weighted by molar-refractivity contribution is -0.384. The molecule has 9 nitrogen and oxygen atoms in total. The molecule has 2 amide bonds. The van der Waals surface area contributed by atoms with Gasteiger partial charge in [-0.3, -0.25) is 24.6 Å². The summed E-state index contributed by atoms with van der Waals surface area (Å²) in [7, 11) is 1.51. The number of carbonyl (C=O) groups excluding carboxylic acids is 2. The van der Waals surface area contributed by atoms with Gasteiger partial charge >= 0.3 is 0 Å². The van der Waals surface area contributed by atoms with Gasteiger partial charge in [0.1, 0.15) is 5.75 Å². The molecule has 1 unspecified atom stereocenters. The van der Waals surface area contributed by atoms with Crippen molar-refractivity contribution in [3.05, 3.63) is 124 Å². The van der Waals surface area contributed by atoms with Crippen LogP contribution in [0.3, 0.4) is 0 Å². The van der Waals surface area contributed by atoms with Crippen molar-refractivity contribution in [2.75, 3.05) is 22.2 Å². The van der Waals surface area contributed by atoms with Gasteiger partial charge in [0.15, 0.2) is 0 Å². The normalized spacial score (nSPS) is 17.7. The van der Waals surface area contributed by atoms with Crippen LogP contribution in [0.15, 0.2) is 97.1 Å². The third-order valence-corrected chi connectivity index (χ3v) is 6.94. The summed E-state index contributed by atoms with van der Waals surface area (Å²) in [6, 6.07) is 27.6. The average molecular weight is 507 g/mol. The second-order valence-corrected chi connectivity index (χ2v) is 9.03. The van der Waals surface area contributed by atoms with Gasteiger partial charge in [-0.1, -0.05) is 54.6 Å². The Bertz CT molecular complexity index is 1620. The Labute approximate surface area is 218 Å². The molecule has 0 fully saturated rings. The first kappa shape index (κ1) is 23.2. The zero-order chi connectivity index (χ0) is 26.4. The molecule has 2 heterocycles. The number of nitrogens with one attached hydrogen (secondary N) is 1. The zero-order valence-electron chi connectivity index (χ0n) is 20.3. The highest BCUT2D eigenvalue weighted by Gasteiger charge is 2.60. The molecule has 0 bridgehead atoms. The zero-order valence-corrected chi connectivity index (χ0v) is 20.3. The number of ether oxygens (including phenoxy) is 1. The fraction of sp³-hybridized carbons (Fsp3) is 0.103. The predicted octanol–water partition coefficient (Wildman–Crippen LogP) is 5.08. The molecule has 2 aliphatic heterocycles. The Morgan fingerprint density at radius 1 is 0.895 bits per heavy atom. The smallest absolute Gasteiger partial charge is 0.279 e. The maximum Gasteiger partial charge on any atom is 0.279 e. The number of rotatable bonds is 5. The summed E-state index contributed by atoms with van der Waals surface area (Å²) in [6.45, 7) is 0.0799. The van der Waals surface area contributed by atoms with Crippen LogP contribution in [0.5, 0.6) is 5.75 Å². The van der Waals surface area contributed by atoms with Crippen molar-refractivity contribution in [2.24, 2.45) is 0 Å². The molecule has 0 aromatic heterocycles. The minimum absolute atomic E-state index is 0.0623. The largest absolute Gasteiger partial charge is 0.495 e. The molecule has 4 aromatic carbocycles. The van der Waals surface area contributed by atoms with Gasteiger partial charge < -0.3 is 15.0 Å². The monoisotopic (exact) mass is 506 g/mol. The Morgan fingerprint density at radius 2 is 1.61 bits per heavy atom. The van der Waals surface area contributed by atoms with E-state index in [2.05, 4.69) is 5.32 Å². The minimum Gasteiger partial charge on any atom is -0.495 e. The van der Waals surface area contributed by atoms with Crippen molar-refractivity contribution < 1.29 is 19.2 Å². The number of nitro benzene ring substituents is 1. The first-order valence-corrected chi connectivity index (χ1v) is 12.0. The molecule has 6 rings (SSSR count). The summed E-state index contributed by atoms with van der Waals surface area (Å²) < 4.78 is 5.61. The standard InChI is InChI=1S/C29H22N4O5/c1-38-26-16-7-6-15-25(26)32-27(34)21-11-2-4-13-23(21)30-29(32)22-12-3-5-14-24(22)31(28(29)35)18-19-9-8-10-20(17-19)33(36)37/h2-17,30H,18H2,1H3. The third kappa shape index (κ3) is 3.32. The first-order chi connectivity index (χ1) is 18.5. The van der Waals surface area contributed by atoms with Crippen LogP contribution in [0, 0.1) is 10.1 Å². The van der Waals surface area contributed by atoms with E-state index in [1.807, 2.05) is 24.3 Å². The molecule has 1 N–H and O–H groups in total. The summed E-state index contributed by atoms with van der Waals surface area (Å²) >= 11 is 0. The van der Waals surface area contributed by atoms with Crippen LogP contribution in [0.25, 0.3) is 0 Å². The number of non-ortho nitro benzene ring substituents is 1. The van der Waals surface area contributed by atoms with Crippen LogP contribution in [0.2, 0.25) is 0 Å². The second-order valence-electron chi connectivity index (χ2n) is 9.03. The summed E-state index contributed by atoms with van der Waals surface area (Å²) in [5.74, 6) is -0.313.